The molecule has 0 fully saturated rings. The smallest absolute Gasteiger partial charge is 0.219 e. The fourth-order valence-corrected chi connectivity index (χ4v) is 2.23. The monoisotopic (exact) mass is 514 g/mol. The summed E-state index contributed by atoms with van der Waals surface area (Å²) in [7, 11) is 3.33. The van der Waals surface area contributed by atoms with E-state index in [-0.39, 0.29) is 29.6 Å². The Hall–Kier alpha value is -2.07. The molecule has 0 saturated heterocycles. The molecule has 2 aromatic rings. The molecule has 0 aliphatic heterocycles. The average molecular weight is 514 g/mol. The highest BCUT2D eigenvalue weighted by molar-refractivity contribution is 14.0. The number of ether oxygens (including phenoxy) is 3. The quantitative estimate of drug-likeness (QED) is 0.300. The van der Waals surface area contributed by atoms with Crippen LogP contribution >= 0.6 is 24.0 Å². The number of aliphatic imine (C=N–C) groups is 1. The summed E-state index contributed by atoms with van der Waals surface area (Å²) >= 11 is 0. The molecule has 0 amide bonds. The number of rotatable bonds is 9. The van der Waals surface area contributed by atoms with Gasteiger partial charge in [0, 0.05) is 38.5 Å². The van der Waals surface area contributed by atoms with Gasteiger partial charge in [0.05, 0.1) is 19.3 Å². The van der Waals surface area contributed by atoms with Crippen molar-refractivity contribution in [1.82, 2.24) is 15.6 Å². The van der Waals surface area contributed by atoms with Gasteiger partial charge < -0.3 is 24.8 Å². The molecule has 1 aromatic heterocycles. The maximum atomic E-state index is 5.76. The van der Waals surface area contributed by atoms with Gasteiger partial charge in [0.2, 0.25) is 5.88 Å². The molecule has 8 heteroatoms. The number of pyridine rings is 1. The standard InChI is InChI=1S/C21H30N4O3.HI/c1-6-22-20(25-15-21(2,3)27-5)24-14-16-10-11-19(23-13-16)28-18-9-7-8-17(12-18)26-4;/h7-13H,6,14-15H2,1-5H3,(H2,22,24,25);1H. The minimum atomic E-state index is -0.267. The van der Waals surface area contributed by atoms with Crippen molar-refractivity contribution in [2.45, 2.75) is 32.9 Å². The lowest BCUT2D eigenvalue weighted by Gasteiger charge is -2.24. The van der Waals surface area contributed by atoms with Crippen LogP contribution in [0.15, 0.2) is 47.6 Å². The van der Waals surface area contributed by atoms with Crippen LogP contribution in [-0.4, -0.2) is 43.9 Å². The third-order valence-electron chi connectivity index (χ3n) is 4.06. The first-order chi connectivity index (χ1) is 13.5. The van der Waals surface area contributed by atoms with Crippen molar-refractivity contribution in [3.05, 3.63) is 48.2 Å². The molecule has 2 N–H and O–H groups in total. The number of nitrogens with zero attached hydrogens (tertiary/aromatic N) is 2. The highest BCUT2D eigenvalue weighted by Crippen LogP contribution is 2.23. The van der Waals surface area contributed by atoms with Crippen molar-refractivity contribution in [3.8, 4) is 17.4 Å². The highest BCUT2D eigenvalue weighted by Gasteiger charge is 2.16. The van der Waals surface area contributed by atoms with Crippen LogP contribution in [0.3, 0.4) is 0 Å². The Morgan fingerprint density at radius 1 is 1.10 bits per heavy atom. The molecule has 0 atom stereocenters. The molecule has 0 saturated carbocycles. The molecule has 160 valence electrons. The van der Waals surface area contributed by atoms with Gasteiger partial charge >= 0.3 is 0 Å². The zero-order valence-corrected chi connectivity index (χ0v) is 20.0. The number of aromatic nitrogens is 1. The molecule has 1 aromatic carbocycles. The number of guanidine groups is 1. The Balaban J connectivity index is 0.00000420. The Labute approximate surface area is 190 Å². The van der Waals surface area contributed by atoms with Gasteiger partial charge in [0.25, 0.3) is 0 Å². The van der Waals surface area contributed by atoms with E-state index in [1.807, 2.05) is 57.2 Å². The summed E-state index contributed by atoms with van der Waals surface area (Å²) in [4.78, 5) is 8.96. The second kappa shape index (κ2) is 12.5. The van der Waals surface area contributed by atoms with Crippen molar-refractivity contribution >= 4 is 29.9 Å². The molecule has 2 rings (SSSR count). The molecular formula is C21H31IN4O3. The maximum Gasteiger partial charge on any atom is 0.219 e. The molecule has 0 bridgehead atoms. The van der Waals surface area contributed by atoms with Crippen LogP contribution in [0, 0.1) is 0 Å². The van der Waals surface area contributed by atoms with E-state index in [0.717, 1.165) is 23.8 Å². The van der Waals surface area contributed by atoms with Crippen LogP contribution in [0.2, 0.25) is 0 Å². The van der Waals surface area contributed by atoms with Crippen LogP contribution in [0.1, 0.15) is 26.3 Å². The SMILES string of the molecule is CCNC(=NCc1ccc(Oc2cccc(OC)c2)nc1)NCC(C)(C)OC.I. The van der Waals surface area contributed by atoms with Gasteiger partial charge in [-0.3, -0.25) is 0 Å². The molecule has 0 aliphatic carbocycles. The highest BCUT2D eigenvalue weighted by atomic mass is 127. The number of methoxy groups -OCH3 is 2. The molecule has 0 unspecified atom stereocenters. The Bertz CT molecular complexity index is 767. The lowest BCUT2D eigenvalue weighted by Crippen LogP contribution is -2.45. The van der Waals surface area contributed by atoms with E-state index in [9.17, 15) is 0 Å². The molecule has 7 nitrogen and oxygen atoms in total. The average Bonchev–Trinajstić information content (AvgIpc) is 2.71. The summed E-state index contributed by atoms with van der Waals surface area (Å²) in [6.45, 7) is 8.02. The van der Waals surface area contributed by atoms with E-state index in [2.05, 4.69) is 20.6 Å². The normalized spacial score (nSPS) is 11.4. The summed E-state index contributed by atoms with van der Waals surface area (Å²) in [5.74, 6) is 2.68. The Morgan fingerprint density at radius 2 is 1.86 bits per heavy atom. The van der Waals surface area contributed by atoms with E-state index in [4.69, 9.17) is 14.2 Å². The minimum Gasteiger partial charge on any atom is -0.497 e. The second-order valence-corrected chi connectivity index (χ2v) is 6.80. The van der Waals surface area contributed by atoms with E-state index in [1.165, 1.54) is 0 Å². The fraction of sp³-hybridized carbons (Fsp3) is 0.429. The summed E-state index contributed by atoms with van der Waals surface area (Å²) in [5.41, 5.74) is 0.720. The van der Waals surface area contributed by atoms with Gasteiger partial charge in [-0.05, 0) is 38.5 Å². The van der Waals surface area contributed by atoms with Crippen molar-refractivity contribution in [1.29, 1.82) is 0 Å². The number of benzene rings is 1. The zero-order chi connectivity index (χ0) is 20.4. The lowest BCUT2D eigenvalue weighted by atomic mass is 10.1. The second-order valence-electron chi connectivity index (χ2n) is 6.80. The largest absolute Gasteiger partial charge is 0.497 e. The van der Waals surface area contributed by atoms with Crippen LogP contribution in [0.25, 0.3) is 0 Å². The molecule has 29 heavy (non-hydrogen) atoms. The number of hydrogen-bond acceptors (Lipinski definition) is 5. The first-order valence-corrected chi connectivity index (χ1v) is 9.30. The van der Waals surface area contributed by atoms with Crippen molar-refractivity contribution < 1.29 is 14.2 Å². The van der Waals surface area contributed by atoms with Gasteiger partial charge in [-0.1, -0.05) is 12.1 Å². The first-order valence-electron chi connectivity index (χ1n) is 9.30. The van der Waals surface area contributed by atoms with Crippen LogP contribution in [-0.2, 0) is 11.3 Å². The molecular weight excluding hydrogens is 483 g/mol. The summed E-state index contributed by atoms with van der Waals surface area (Å²) in [6.07, 6.45) is 1.77. The van der Waals surface area contributed by atoms with Crippen molar-refractivity contribution in [3.63, 3.8) is 0 Å². The van der Waals surface area contributed by atoms with Gasteiger partial charge in [-0.25, -0.2) is 9.98 Å². The fourth-order valence-electron chi connectivity index (χ4n) is 2.23. The molecule has 1 heterocycles. The summed E-state index contributed by atoms with van der Waals surface area (Å²) in [6, 6.07) is 11.2. The van der Waals surface area contributed by atoms with Gasteiger partial charge in [-0.2, -0.15) is 0 Å². The lowest BCUT2D eigenvalue weighted by molar-refractivity contribution is 0.0268. The predicted molar refractivity (Wildman–Crippen MR) is 127 cm³/mol. The number of hydrogen-bond donors (Lipinski definition) is 2. The summed E-state index contributed by atoms with van der Waals surface area (Å²) in [5, 5.41) is 6.52. The summed E-state index contributed by atoms with van der Waals surface area (Å²) < 4.78 is 16.4. The van der Waals surface area contributed by atoms with Crippen LogP contribution in [0.4, 0.5) is 0 Å². The maximum absolute atomic E-state index is 5.76. The van der Waals surface area contributed by atoms with Crippen LogP contribution < -0.4 is 20.1 Å². The third kappa shape index (κ3) is 8.86. The van der Waals surface area contributed by atoms with E-state index in [1.54, 1.807) is 20.4 Å². The first kappa shape index (κ1) is 25.0. The van der Waals surface area contributed by atoms with Gasteiger partial charge in [-0.15, -0.1) is 24.0 Å². The topological polar surface area (TPSA) is 77.0 Å². The van der Waals surface area contributed by atoms with E-state index < -0.39 is 0 Å². The zero-order valence-electron chi connectivity index (χ0n) is 17.7. The van der Waals surface area contributed by atoms with Gasteiger partial charge in [0.15, 0.2) is 5.96 Å². The molecule has 0 spiro atoms. The van der Waals surface area contributed by atoms with Crippen molar-refractivity contribution in [2.24, 2.45) is 4.99 Å². The number of halogens is 1. The van der Waals surface area contributed by atoms with Gasteiger partial charge in [0.1, 0.15) is 11.5 Å². The third-order valence-corrected chi connectivity index (χ3v) is 4.06. The Kier molecular flexibility index (Phi) is 10.7. The molecule has 0 radical (unpaired) electrons. The minimum absolute atomic E-state index is 0. The van der Waals surface area contributed by atoms with Crippen LogP contribution in [0.5, 0.6) is 17.4 Å². The number of nitrogens with one attached hydrogen (secondary N) is 2. The van der Waals surface area contributed by atoms with E-state index in [0.29, 0.717) is 24.7 Å². The van der Waals surface area contributed by atoms with E-state index >= 15 is 0 Å². The van der Waals surface area contributed by atoms with Crippen molar-refractivity contribution in [2.75, 3.05) is 27.3 Å². The predicted octanol–water partition coefficient (Wildman–Crippen LogP) is 3.98. The molecule has 0 aliphatic rings. The Morgan fingerprint density at radius 3 is 2.48 bits per heavy atom.